The van der Waals surface area contributed by atoms with E-state index in [1.165, 1.54) is 12.1 Å². The van der Waals surface area contributed by atoms with Gasteiger partial charge in [-0.3, -0.25) is 4.58 Å². The maximum atomic E-state index is 12.5. The van der Waals surface area contributed by atoms with Crippen LogP contribution in [0.2, 0.25) is 0 Å². The number of hydrogen-bond donors (Lipinski definition) is 1. The molecule has 160 valence electrons. The van der Waals surface area contributed by atoms with Crippen LogP contribution in [0, 0.1) is 0 Å². The van der Waals surface area contributed by atoms with Gasteiger partial charge in [-0.15, -0.1) is 0 Å². The summed E-state index contributed by atoms with van der Waals surface area (Å²) in [5.41, 5.74) is 0.204. The van der Waals surface area contributed by atoms with E-state index in [4.69, 9.17) is 4.74 Å². The number of halogens is 2. The van der Waals surface area contributed by atoms with E-state index in [9.17, 15) is 13.9 Å². The van der Waals surface area contributed by atoms with E-state index in [1.807, 2.05) is 36.1 Å². The number of anilines is 1. The first kappa shape index (κ1) is 20.6. The van der Waals surface area contributed by atoms with Crippen molar-refractivity contribution in [3.8, 4) is 11.5 Å². The van der Waals surface area contributed by atoms with Crippen LogP contribution in [0.1, 0.15) is 38.2 Å². The van der Waals surface area contributed by atoms with Crippen molar-refractivity contribution < 1.29 is 27.9 Å². The molecule has 0 bridgehead atoms. The fourth-order valence-electron chi connectivity index (χ4n) is 4.37. The van der Waals surface area contributed by atoms with Crippen molar-refractivity contribution in [1.82, 2.24) is 0 Å². The summed E-state index contributed by atoms with van der Waals surface area (Å²) in [5, 5.41) is 11.9. The summed E-state index contributed by atoms with van der Waals surface area (Å²) in [6, 6.07) is 14.0. The molecule has 0 amide bonds. The van der Waals surface area contributed by atoms with Crippen molar-refractivity contribution in [2.75, 3.05) is 24.6 Å². The number of rotatable bonds is 6. The highest BCUT2D eigenvalue weighted by Gasteiger charge is 2.54. The lowest BCUT2D eigenvalue weighted by Gasteiger charge is -2.29. The van der Waals surface area contributed by atoms with E-state index in [-0.39, 0.29) is 5.75 Å². The van der Waals surface area contributed by atoms with Crippen LogP contribution < -0.4 is 14.4 Å². The molecule has 0 spiro atoms. The summed E-state index contributed by atoms with van der Waals surface area (Å²) in [7, 11) is 0. The van der Waals surface area contributed by atoms with E-state index >= 15 is 0 Å². The second kappa shape index (κ2) is 8.60. The van der Waals surface area contributed by atoms with Gasteiger partial charge in [-0.1, -0.05) is 0 Å². The van der Waals surface area contributed by atoms with Gasteiger partial charge in [0.1, 0.15) is 17.2 Å². The molecule has 0 aromatic heterocycles. The molecule has 30 heavy (non-hydrogen) atoms. The second-order valence-electron chi connectivity index (χ2n) is 7.63. The SMILES string of the molecule is CCOc1ccc(N2C3=[N+](CCCCC3)CC2(O)c2ccc(OC(F)F)cc2)cc1. The first-order chi connectivity index (χ1) is 14.5. The van der Waals surface area contributed by atoms with Gasteiger partial charge < -0.3 is 14.6 Å². The van der Waals surface area contributed by atoms with E-state index < -0.39 is 12.3 Å². The molecule has 1 unspecified atom stereocenters. The maximum Gasteiger partial charge on any atom is 0.387 e. The van der Waals surface area contributed by atoms with Gasteiger partial charge in [-0.05, 0) is 74.7 Å². The molecule has 0 saturated carbocycles. The highest BCUT2D eigenvalue weighted by molar-refractivity contribution is 5.97. The first-order valence-corrected chi connectivity index (χ1v) is 10.4. The van der Waals surface area contributed by atoms with Gasteiger partial charge >= 0.3 is 6.61 Å². The third-order valence-corrected chi connectivity index (χ3v) is 5.68. The number of amidine groups is 1. The van der Waals surface area contributed by atoms with E-state index in [1.54, 1.807) is 12.1 Å². The average molecular weight is 417 g/mol. The molecule has 2 aliphatic rings. The van der Waals surface area contributed by atoms with Crippen molar-refractivity contribution in [2.24, 2.45) is 0 Å². The molecule has 2 aliphatic heterocycles. The Balaban J connectivity index is 1.71. The van der Waals surface area contributed by atoms with Crippen LogP contribution in [-0.4, -0.2) is 41.8 Å². The van der Waals surface area contributed by atoms with Crippen molar-refractivity contribution in [3.05, 3.63) is 54.1 Å². The third kappa shape index (κ3) is 3.99. The lowest BCUT2D eigenvalue weighted by Crippen LogP contribution is -2.47. The molecule has 7 heteroatoms. The lowest BCUT2D eigenvalue weighted by atomic mass is 9.99. The molecule has 1 N–H and O–H groups in total. The summed E-state index contributed by atoms with van der Waals surface area (Å²) in [4.78, 5) is 1.98. The fourth-order valence-corrected chi connectivity index (χ4v) is 4.37. The third-order valence-electron chi connectivity index (χ3n) is 5.68. The van der Waals surface area contributed by atoms with Crippen molar-refractivity contribution >= 4 is 11.5 Å². The van der Waals surface area contributed by atoms with E-state index in [2.05, 4.69) is 9.31 Å². The summed E-state index contributed by atoms with van der Waals surface area (Å²) >= 11 is 0. The zero-order valence-electron chi connectivity index (χ0n) is 17.1. The highest BCUT2D eigenvalue weighted by atomic mass is 19.3. The molecule has 0 radical (unpaired) electrons. The molecule has 0 aliphatic carbocycles. The Kier molecular flexibility index (Phi) is 5.90. The molecular formula is C23H27F2N2O3+. The minimum atomic E-state index is -2.88. The number of alkyl halides is 2. The fraction of sp³-hybridized carbons (Fsp3) is 0.435. The van der Waals surface area contributed by atoms with Gasteiger partial charge in [-0.25, -0.2) is 0 Å². The molecule has 1 atom stereocenters. The smallest absolute Gasteiger partial charge is 0.387 e. The minimum Gasteiger partial charge on any atom is -0.494 e. The average Bonchev–Trinajstić information content (AvgIpc) is 2.85. The number of aliphatic hydroxyl groups is 1. The summed E-state index contributed by atoms with van der Waals surface area (Å²) in [6.07, 6.45) is 4.19. The Bertz CT molecular complexity index is 900. The van der Waals surface area contributed by atoms with Crippen LogP contribution >= 0.6 is 0 Å². The first-order valence-electron chi connectivity index (χ1n) is 10.4. The standard InChI is InChI=1S/C23H27F2N2O3/c1-2-29-19-13-9-18(10-14-19)27-21-6-4-3-5-15-26(21)16-23(27,28)17-7-11-20(12-8-17)30-22(24)25/h7-14,22,28H,2-6,15-16H2,1H3/q+1. The summed E-state index contributed by atoms with van der Waals surface area (Å²) in [6.45, 7) is 0.959. The second-order valence-corrected chi connectivity index (χ2v) is 7.63. The molecule has 0 saturated heterocycles. The van der Waals surface area contributed by atoms with Crippen molar-refractivity contribution in [3.63, 3.8) is 0 Å². The molecule has 2 aromatic rings. The van der Waals surface area contributed by atoms with Gasteiger partial charge in [0, 0.05) is 12.0 Å². The minimum absolute atomic E-state index is 0.0742. The Hall–Kier alpha value is -2.67. The van der Waals surface area contributed by atoms with Gasteiger partial charge in [0.2, 0.25) is 0 Å². The van der Waals surface area contributed by atoms with Crippen LogP contribution in [0.15, 0.2) is 48.5 Å². The van der Waals surface area contributed by atoms with Crippen LogP contribution in [0.5, 0.6) is 11.5 Å². The summed E-state index contributed by atoms with van der Waals surface area (Å²) < 4.78 is 37.3. The molecule has 4 rings (SSSR count). The molecule has 5 nitrogen and oxygen atoms in total. The van der Waals surface area contributed by atoms with E-state index in [0.29, 0.717) is 18.7 Å². The van der Waals surface area contributed by atoms with Crippen LogP contribution in [-0.2, 0) is 5.72 Å². The zero-order valence-corrected chi connectivity index (χ0v) is 17.1. The predicted molar refractivity (Wildman–Crippen MR) is 111 cm³/mol. The molecule has 2 heterocycles. The van der Waals surface area contributed by atoms with Crippen molar-refractivity contribution in [2.45, 2.75) is 44.9 Å². The highest BCUT2D eigenvalue weighted by Crippen LogP contribution is 2.38. The Morgan fingerprint density at radius 2 is 1.73 bits per heavy atom. The van der Waals surface area contributed by atoms with Crippen LogP contribution in [0.3, 0.4) is 0 Å². The van der Waals surface area contributed by atoms with E-state index in [0.717, 1.165) is 49.5 Å². The van der Waals surface area contributed by atoms with Crippen molar-refractivity contribution in [1.29, 1.82) is 0 Å². The van der Waals surface area contributed by atoms with Crippen LogP contribution in [0.25, 0.3) is 0 Å². The zero-order chi connectivity index (χ0) is 21.1. The Morgan fingerprint density at radius 3 is 2.40 bits per heavy atom. The lowest BCUT2D eigenvalue weighted by molar-refractivity contribution is -0.534. The largest absolute Gasteiger partial charge is 0.494 e. The predicted octanol–water partition coefficient (Wildman–Crippen LogP) is 4.34. The number of benzene rings is 2. The van der Waals surface area contributed by atoms with Gasteiger partial charge in [0.25, 0.3) is 11.6 Å². The quantitative estimate of drug-likeness (QED) is 0.711. The van der Waals surface area contributed by atoms with Gasteiger partial charge in [0.05, 0.1) is 13.2 Å². The van der Waals surface area contributed by atoms with Gasteiger partial charge in [0.15, 0.2) is 6.54 Å². The Morgan fingerprint density at radius 1 is 1.03 bits per heavy atom. The maximum absolute atomic E-state index is 12.5. The molecule has 0 fully saturated rings. The monoisotopic (exact) mass is 417 g/mol. The summed E-state index contributed by atoms with van der Waals surface area (Å²) in [5.74, 6) is 1.94. The molecule has 2 aromatic carbocycles. The number of hydrogen-bond acceptors (Lipinski definition) is 4. The Labute approximate surface area is 175 Å². The number of ether oxygens (including phenoxy) is 2. The van der Waals surface area contributed by atoms with Crippen LogP contribution in [0.4, 0.5) is 14.5 Å². The number of nitrogens with zero attached hydrogens (tertiary/aromatic N) is 2. The molecular weight excluding hydrogens is 390 g/mol. The topological polar surface area (TPSA) is 44.9 Å². The normalized spacial score (nSPS) is 21.6. The van der Waals surface area contributed by atoms with Gasteiger partial charge in [-0.2, -0.15) is 13.7 Å².